The van der Waals surface area contributed by atoms with Crippen LogP contribution in [-0.2, 0) is 6.54 Å². The number of halogens is 1. The van der Waals surface area contributed by atoms with Crippen LogP contribution in [0.15, 0.2) is 40.8 Å². The fraction of sp³-hybridized carbons (Fsp3) is 0.333. The van der Waals surface area contributed by atoms with Gasteiger partial charge in [0.1, 0.15) is 11.5 Å². The van der Waals surface area contributed by atoms with Gasteiger partial charge in [0.05, 0.1) is 13.2 Å². The molecule has 0 spiro atoms. The average Bonchev–Trinajstić information content (AvgIpc) is 2.83. The zero-order valence-electron chi connectivity index (χ0n) is 11.2. The van der Waals surface area contributed by atoms with Crippen LogP contribution in [0.25, 0.3) is 0 Å². The fourth-order valence-electron chi connectivity index (χ4n) is 1.84. The van der Waals surface area contributed by atoms with E-state index in [0.717, 1.165) is 21.8 Å². The molecule has 0 radical (unpaired) electrons. The maximum Gasteiger partial charge on any atom is 0.164 e. The monoisotopic (exact) mass is 371 g/mol. The molecule has 19 heavy (non-hydrogen) atoms. The van der Waals surface area contributed by atoms with Gasteiger partial charge in [-0.15, -0.1) is 0 Å². The van der Waals surface area contributed by atoms with E-state index in [1.807, 2.05) is 31.2 Å². The minimum atomic E-state index is 0.276. The molecule has 102 valence electrons. The van der Waals surface area contributed by atoms with Crippen molar-refractivity contribution in [2.75, 3.05) is 6.61 Å². The SMILES string of the molecule is CCOc1ccc(C(C)NCc2ccc(I)o2)cc1. The first kappa shape index (κ1) is 14.4. The zero-order chi connectivity index (χ0) is 13.7. The van der Waals surface area contributed by atoms with Crippen molar-refractivity contribution in [3.05, 3.63) is 51.5 Å². The smallest absolute Gasteiger partial charge is 0.164 e. The minimum Gasteiger partial charge on any atom is -0.494 e. The summed E-state index contributed by atoms with van der Waals surface area (Å²) in [6.45, 7) is 5.56. The summed E-state index contributed by atoms with van der Waals surface area (Å²) >= 11 is 2.17. The van der Waals surface area contributed by atoms with E-state index in [-0.39, 0.29) is 6.04 Å². The third-order valence-electron chi connectivity index (χ3n) is 2.90. The van der Waals surface area contributed by atoms with Gasteiger partial charge in [-0.1, -0.05) is 12.1 Å². The molecule has 0 amide bonds. The number of rotatable bonds is 6. The first-order valence-corrected chi connectivity index (χ1v) is 7.47. The summed E-state index contributed by atoms with van der Waals surface area (Å²) in [6, 6.07) is 12.4. The van der Waals surface area contributed by atoms with Crippen LogP contribution in [0.1, 0.15) is 31.2 Å². The quantitative estimate of drug-likeness (QED) is 0.776. The second-order valence-electron chi connectivity index (χ2n) is 4.31. The van der Waals surface area contributed by atoms with E-state index in [1.54, 1.807) is 0 Å². The minimum absolute atomic E-state index is 0.276. The first-order chi connectivity index (χ1) is 9.19. The molecule has 3 nitrogen and oxygen atoms in total. The molecule has 0 aliphatic carbocycles. The lowest BCUT2D eigenvalue weighted by atomic mass is 10.1. The molecule has 2 rings (SSSR count). The highest BCUT2D eigenvalue weighted by molar-refractivity contribution is 14.1. The molecular formula is C15H18INO2. The Hall–Kier alpha value is -1.01. The predicted molar refractivity (Wildman–Crippen MR) is 84.3 cm³/mol. The lowest BCUT2D eigenvalue weighted by Gasteiger charge is -2.14. The van der Waals surface area contributed by atoms with Crippen LogP contribution in [0.3, 0.4) is 0 Å². The number of hydrogen-bond donors (Lipinski definition) is 1. The van der Waals surface area contributed by atoms with Gasteiger partial charge in [0.15, 0.2) is 3.77 Å². The molecule has 0 saturated heterocycles. The van der Waals surface area contributed by atoms with Crippen LogP contribution in [0.5, 0.6) is 5.75 Å². The average molecular weight is 371 g/mol. The van der Waals surface area contributed by atoms with Gasteiger partial charge in [0.2, 0.25) is 0 Å². The van der Waals surface area contributed by atoms with Crippen LogP contribution in [0.4, 0.5) is 0 Å². The molecule has 1 unspecified atom stereocenters. The van der Waals surface area contributed by atoms with E-state index < -0.39 is 0 Å². The highest BCUT2D eigenvalue weighted by atomic mass is 127. The van der Waals surface area contributed by atoms with Crippen molar-refractivity contribution in [1.82, 2.24) is 5.32 Å². The van der Waals surface area contributed by atoms with Gasteiger partial charge < -0.3 is 14.5 Å². The highest BCUT2D eigenvalue weighted by Crippen LogP contribution is 2.18. The van der Waals surface area contributed by atoms with E-state index >= 15 is 0 Å². The first-order valence-electron chi connectivity index (χ1n) is 6.39. The number of nitrogens with one attached hydrogen (secondary N) is 1. The lowest BCUT2D eigenvalue weighted by molar-refractivity contribution is 0.340. The largest absolute Gasteiger partial charge is 0.494 e. The maximum atomic E-state index is 5.52. The van der Waals surface area contributed by atoms with Gasteiger partial charge >= 0.3 is 0 Å². The Morgan fingerprint density at radius 1 is 1.21 bits per heavy atom. The third kappa shape index (κ3) is 4.24. The molecule has 1 atom stereocenters. The van der Waals surface area contributed by atoms with Gasteiger partial charge in [-0.25, -0.2) is 0 Å². The molecule has 1 aromatic heterocycles. The van der Waals surface area contributed by atoms with Crippen molar-refractivity contribution in [1.29, 1.82) is 0 Å². The molecule has 0 bridgehead atoms. The summed E-state index contributed by atoms with van der Waals surface area (Å²) in [5.74, 6) is 1.88. The number of ether oxygens (including phenoxy) is 1. The topological polar surface area (TPSA) is 34.4 Å². The second kappa shape index (κ2) is 6.96. The summed E-state index contributed by atoms with van der Waals surface area (Å²) in [5.41, 5.74) is 1.24. The van der Waals surface area contributed by atoms with E-state index in [4.69, 9.17) is 9.15 Å². The Labute approximate surface area is 127 Å². The number of hydrogen-bond acceptors (Lipinski definition) is 3. The third-order valence-corrected chi connectivity index (χ3v) is 3.48. The Balaban J connectivity index is 1.90. The molecular weight excluding hydrogens is 353 g/mol. The normalized spacial score (nSPS) is 12.4. The zero-order valence-corrected chi connectivity index (χ0v) is 13.3. The van der Waals surface area contributed by atoms with Gasteiger partial charge in [0, 0.05) is 6.04 Å². The Kier molecular flexibility index (Phi) is 5.27. The summed E-state index contributed by atoms with van der Waals surface area (Å²) < 4.78 is 11.9. The highest BCUT2D eigenvalue weighted by Gasteiger charge is 2.06. The van der Waals surface area contributed by atoms with E-state index in [2.05, 4.69) is 47.0 Å². The summed E-state index contributed by atoms with van der Waals surface area (Å²) in [5, 5.41) is 3.44. The summed E-state index contributed by atoms with van der Waals surface area (Å²) in [4.78, 5) is 0. The molecule has 1 N–H and O–H groups in total. The summed E-state index contributed by atoms with van der Waals surface area (Å²) in [7, 11) is 0. The molecule has 1 heterocycles. The molecule has 0 aliphatic rings. The van der Waals surface area contributed by atoms with Crippen molar-refractivity contribution in [3.63, 3.8) is 0 Å². The van der Waals surface area contributed by atoms with Crippen LogP contribution in [0.2, 0.25) is 0 Å². The van der Waals surface area contributed by atoms with Crippen molar-refractivity contribution in [2.45, 2.75) is 26.4 Å². The van der Waals surface area contributed by atoms with Crippen molar-refractivity contribution in [2.24, 2.45) is 0 Å². The molecule has 0 fully saturated rings. The van der Waals surface area contributed by atoms with Crippen molar-refractivity contribution < 1.29 is 9.15 Å². The predicted octanol–water partition coefficient (Wildman–Crippen LogP) is 4.13. The molecule has 1 aromatic carbocycles. The molecule has 0 aliphatic heterocycles. The van der Waals surface area contributed by atoms with Gasteiger partial charge in [-0.05, 0) is 66.3 Å². The van der Waals surface area contributed by atoms with Crippen molar-refractivity contribution in [3.8, 4) is 5.75 Å². The van der Waals surface area contributed by atoms with Crippen LogP contribution >= 0.6 is 22.6 Å². The van der Waals surface area contributed by atoms with Crippen molar-refractivity contribution >= 4 is 22.6 Å². The summed E-state index contributed by atoms with van der Waals surface area (Å²) in [6.07, 6.45) is 0. The number of benzene rings is 1. The van der Waals surface area contributed by atoms with E-state index in [0.29, 0.717) is 6.61 Å². The van der Waals surface area contributed by atoms with E-state index in [9.17, 15) is 0 Å². The van der Waals surface area contributed by atoms with Crippen LogP contribution < -0.4 is 10.1 Å². The molecule has 0 saturated carbocycles. The fourth-order valence-corrected chi connectivity index (χ4v) is 2.30. The second-order valence-corrected chi connectivity index (χ2v) is 5.37. The number of furan rings is 1. The van der Waals surface area contributed by atoms with E-state index in [1.165, 1.54) is 5.56 Å². The molecule has 4 heteroatoms. The van der Waals surface area contributed by atoms with Gasteiger partial charge in [0.25, 0.3) is 0 Å². The maximum absolute atomic E-state index is 5.52. The van der Waals surface area contributed by atoms with Crippen LogP contribution in [-0.4, -0.2) is 6.61 Å². The Morgan fingerprint density at radius 3 is 2.53 bits per heavy atom. The van der Waals surface area contributed by atoms with Crippen LogP contribution in [0, 0.1) is 3.77 Å². The molecule has 2 aromatic rings. The van der Waals surface area contributed by atoms with Gasteiger partial charge in [-0.2, -0.15) is 0 Å². The Morgan fingerprint density at radius 2 is 1.95 bits per heavy atom. The Bertz CT molecular complexity index is 507. The standard InChI is InChI=1S/C15H18INO2/c1-3-18-13-6-4-12(5-7-13)11(2)17-10-14-8-9-15(16)19-14/h4-9,11,17H,3,10H2,1-2H3. The lowest BCUT2D eigenvalue weighted by Crippen LogP contribution is -2.17. The van der Waals surface area contributed by atoms with Gasteiger partial charge in [-0.3, -0.25) is 0 Å².